The van der Waals surface area contributed by atoms with Gasteiger partial charge >= 0.3 is 0 Å². The zero-order valence-electron chi connectivity index (χ0n) is 13.1. The van der Waals surface area contributed by atoms with Gasteiger partial charge < -0.3 is 9.15 Å². The molecule has 0 aliphatic rings. The molecule has 6 heteroatoms. The van der Waals surface area contributed by atoms with Gasteiger partial charge in [-0.15, -0.1) is 0 Å². The second kappa shape index (κ2) is 8.71. The van der Waals surface area contributed by atoms with Crippen molar-refractivity contribution < 1.29 is 13.9 Å². The average Bonchev–Trinajstić information content (AvgIpc) is 2.98. The second-order valence-electron chi connectivity index (χ2n) is 5.10. The van der Waals surface area contributed by atoms with Gasteiger partial charge in [0.15, 0.2) is 10.4 Å². The molecule has 1 unspecified atom stereocenters. The van der Waals surface area contributed by atoms with Crippen LogP contribution in [0.3, 0.4) is 0 Å². The van der Waals surface area contributed by atoms with Gasteiger partial charge in [-0.1, -0.05) is 26.0 Å². The number of carbonyl (C=O) groups is 1. The lowest BCUT2D eigenvalue weighted by Gasteiger charge is -2.10. The number of hydrogen-bond acceptors (Lipinski definition) is 4. The summed E-state index contributed by atoms with van der Waals surface area (Å²) in [7, 11) is 0. The number of nitrogens with one attached hydrogen (secondary N) is 1. The number of hydrogen-bond donors (Lipinski definition) is 1. The van der Waals surface area contributed by atoms with Crippen LogP contribution in [0.4, 0.5) is 0 Å². The van der Waals surface area contributed by atoms with E-state index in [-0.39, 0.29) is 12.5 Å². The van der Waals surface area contributed by atoms with Crippen molar-refractivity contribution in [2.24, 2.45) is 5.10 Å². The van der Waals surface area contributed by atoms with Crippen LogP contribution in [-0.2, 0) is 4.79 Å². The Labute approximate surface area is 149 Å². The first-order chi connectivity index (χ1) is 11.1. The lowest BCUT2D eigenvalue weighted by atomic mass is 9.99. The van der Waals surface area contributed by atoms with Gasteiger partial charge in [0.1, 0.15) is 11.5 Å². The summed E-state index contributed by atoms with van der Waals surface area (Å²) in [5, 5.41) is 3.81. The van der Waals surface area contributed by atoms with Crippen molar-refractivity contribution in [2.45, 2.75) is 26.2 Å². The average molecular weight is 426 g/mol. The summed E-state index contributed by atoms with van der Waals surface area (Å²) in [5.41, 5.74) is 3.66. The van der Waals surface area contributed by atoms with Crippen molar-refractivity contribution in [3.8, 4) is 5.75 Å². The summed E-state index contributed by atoms with van der Waals surface area (Å²) in [6.07, 6.45) is 2.54. The number of hydrazone groups is 1. The first kappa shape index (κ1) is 17.5. The molecule has 1 atom stereocenters. The first-order valence-corrected chi connectivity index (χ1v) is 8.46. The van der Waals surface area contributed by atoms with Crippen LogP contribution in [0.2, 0.25) is 0 Å². The monoisotopic (exact) mass is 426 g/mol. The van der Waals surface area contributed by atoms with Gasteiger partial charge in [0, 0.05) is 0 Å². The van der Waals surface area contributed by atoms with Crippen molar-refractivity contribution in [1.82, 2.24) is 5.43 Å². The van der Waals surface area contributed by atoms with Crippen LogP contribution < -0.4 is 10.2 Å². The molecule has 0 fully saturated rings. The SMILES string of the molecule is CCC(C)c1ccc(OCC(=O)NN=Cc2ccc(I)o2)cc1. The van der Waals surface area contributed by atoms with E-state index in [1.54, 1.807) is 6.07 Å². The van der Waals surface area contributed by atoms with Crippen LogP contribution >= 0.6 is 22.6 Å². The molecule has 122 valence electrons. The molecular formula is C17H19IN2O3. The molecule has 2 aromatic rings. The molecule has 1 heterocycles. The number of nitrogens with zero attached hydrogens (tertiary/aromatic N) is 1. The predicted molar refractivity (Wildman–Crippen MR) is 97.8 cm³/mol. The molecule has 0 saturated carbocycles. The van der Waals surface area contributed by atoms with Crippen molar-refractivity contribution >= 4 is 34.7 Å². The molecule has 1 aromatic carbocycles. The Bertz CT molecular complexity index is 665. The number of benzene rings is 1. The highest BCUT2D eigenvalue weighted by Gasteiger charge is 2.05. The van der Waals surface area contributed by atoms with Gasteiger partial charge in [-0.3, -0.25) is 4.79 Å². The van der Waals surface area contributed by atoms with E-state index in [4.69, 9.17) is 9.15 Å². The van der Waals surface area contributed by atoms with Crippen molar-refractivity contribution in [2.75, 3.05) is 6.61 Å². The molecule has 23 heavy (non-hydrogen) atoms. The number of halogens is 1. The number of furan rings is 1. The molecule has 0 aliphatic carbocycles. The fourth-order valence-electron chi connectivity index (χ4n) is 1.87. The summed E-state index contributed by atoms with van der Waals surface area (Å²) in [6.45, 7) is 4.25. The molecule has 0 bridgehead atoms. The lowest BCUT2D eigenvalue weighted by molar-refractivity contribution is -0.123. The summed E-state index contributed by atoms with van der Waals surface area (Å²) in [4.78, 5) is 11.7. The molecule has 1 aromatic heterocycles. The standard InChI is InChI=1S/C17H19IN2O3/c1-3-12(2)13-4-6-14(7-5-13)22-11-17(21)20-19-10-15-8-9-16(18)23-15/h4-10,12H,3,11H2,1-2H3,(H,20,21). The van der Waals surface area contributed by atoms with E-state index >= 15 is 0 Å². The summed E-state index contributed by atoms with van der Waals surface area (Å²) < 4.78 is 11.5. The van der Waals surface area contributed by atoms with Crippen molar-refractivity contribution in [3.63, 3.8) is 0 Å². The summed E-state index contributed by atoms with van der Waals surface area (Å²) >= 11 is 2.06. The van der Waals surface area contributed by atoms with E-state index in [1.165, 1.54) is 11.8 Å². The molecular weight excluding hydrogens is 407 g/mol. The highest BCUT2D eigenvalue weighted by atomic mass is 127. The zero-order chi connectivity index (χ0) is 16.7. The van der Waals surface area contributed by atoms with Crippen LogP contribution in [-0.4, -0.2) is 18.7 Å². The molecule has 0 saturated heterocycles. The van der Waals surface area contributed by atoms with Crippen molar-refractivity contribution in [3.05, 3.63) is 51.5 Å². The second-order valence-corrected chi connectivity index (χ2v) is 6.17. The van der Waals surface area contributed by atoms with Gasteiger partial charge in [0.2, 0.25) is 0 Å². The van der Waals surface area contributed by atoms with Crippen molar-refractivity contribution in [1.29, 1.82) is 0 Å². The van der Waals surface area contributed by atoms with Crippen LogP contribution in [0.1, 0.15) is 37.5 Å². The predicted octanol–water partition coefficient (Wildman–Crippen LogP) is 3.93. The number of carbonyl (C=O) groups excluding carboxylic acids is 1. The zero-order valence-corrected chi connectivity index (χ0v) is 15.2. The third-order valence-electron chi connectivity index (χ3n) is 3.41. The Hall–Kier alpha value is -1.83. The van der Waals surface area contributed by atoms with E-state index in [0.29, 0.717) is 17.4 Å². The minimum atomic E-state index is -0.325. The fourth-order valence-corrected chi connectivity index (χ4v) is 2.31. The van der Waals surface area contributed by atoms with E-state index < -0.39 is 0 Å². The largest absolute Gasteiger partial charge is 0.484 e. The Morgan fingerprint density at radius 2 is 2.09 bits per heavy atom. The first-order valence-electron chi connectivity index (χ1n) is 7.38. The fraction of sp³-hybridized carbons (Fsp3) is 0.294. The minimum Gasteiger partial charge on any atom is -0.484 e. The van der Waals surface area contributed by atoms with Gasteiger partial charge in [-0.2, -0.15) is 5.10 Å². The summed E-state index contributed by atoms with van der Waals surface area (Å²) in [6, 6.07) is 11.4. The Balaban J connectivity index is 1.76. The number of ether oxygens (including phenoxy) is 1. The van der Waals surface area contributed by atoms with Crippen LogP contribution in [0.5, 0.6) is 5.75 Å². The van der Waals surface area contributed by atoms with Gasteiger partial charge in [-0.05, 0) is 64.8 Å². The third kappa shape index (κ3) is 5.70. The van der Waals surface area contributed by atoms with Gasteiger partial charge in [-0.25, -0.2) is 5.43 Å². The quantitative estimate of drug-likeness (QED) is 0.415. The van der Waals surface area contributed by atoms with Gasteiger partial charge in [0.05, 0.1) is 6.21 Å². The maximum Gasteiger partial charge on any atom is 0.277 e. The van der Waals surface area contributed by atoms with Crippen LogP contribution in [0.25, 0.3) is 0 Å². The highest BCUT2D eigenvalue weighted by molar-refractivity contribution is 14.1. The maximum atomic E-state index is 11.7. The lowest BCUT2D eigenvalue weighted by Crippen LogP contribution is -2.24. The molecule has 0 spiro atoms. The maximum absolute atomic E-state index is 11.7. The molecule has 0 aliphatic heterocycles. The van der Waals surface area contributed by atoms with E-state index in [1.807, 2.05) is 30.3 Å². The number of amides is 1. The Morgan fingerprint density at radius 3 is 2.70 bits per heavy atom. The molecule has 1 N–H and O–H groups in total. The van der Waals surface area contributed by atoms with Crippen LogP contribution in [0, 0.1) is 3.77 Å². The summed E-state index contributed by atoms with van der Waals surface area (Å²) in [5.74, 6) is 1.44. The molecule has 2 rings (SSSR count). The Kier molecular flexibility index (Phi) is 6.64. The highest BCUT2D eigenvalue weighted by Crippen LogP contribution is 2.21. The van der Waals surface area contributed by atoms with Crippen LogP contribution in [0.15, 0.2) is 45.9 Å². The van der Waals surface area contributed by atoms with E-state index in [2.05, 4.69) is 47.0 Å². The van der Waals surface area contributed by atoms with E-state index in [0.717, 1.165) is 10.2 Å². The normalized spacial score (nSPS) is 12.3. The number of rotatable bonds is 7. The smallest absolute Gasteiger partial charge is 0.277 e. The van der Waals surface area contributed by atoms with Gasteiger partial charge in [0.25, 0.3) is 5.91 Å². The third-order valence-corrected chi connectivity index (χ3v) is 3.99. The topological polar surface area (TPSA) is 63.8 Å². The van der Waals surface area contributed by atoms with E-state index in [9.17, 15) is 4.79 Å². The Morgan fingerprint density at radius 1 is 1.35 bits per heavy atom. The molecule has 5 nitrogen and oxygen atoms in total. The minimum absolute atomic E-state index is 0.0876. The molecule has 1 amide bonds. The molecule has 0 radical (unpaired) electrons.